The van der Waals surface area contributed by atoms with E-state index in [1.165, 1.54) is 28.7 Å². The molecule has 0 fully saturated rings. The maximum absolute atomic E-state index is 2.27. The minimum absolute atomic E-state index is 1.14. The highest BCUT2D eigenvalue weighted by Gasteiger charge is 2.04. The maximum Gasteiger partial charge on any atom is -0.00217 e. The van der Waals surface area contributed by atoms with E-state index < -0.39 is 0 Å². The molecule has 0 aliphatic carbocycles. The van der Waals surface area contributed by atoms with Crippen molar-refractivity contribution in [3.05, 3.63) is 59.7 Å². The van der Waals surface area contributed by atoms with Gasteiger partial charge in [-0.15, -0.1) is 0 Å². The van der Waals surface area contributed by atoms with Crippen LogP contribution in [0.25, 0.3) is 11.1 Å². The van der Waals surface area contributed by atoms with Crippen LogP contribution in [-0.2, 0) is 6.42 Å². The fourth-order valence-electron chi connectivity index (χ4n) is 2.42. The van der Waals surface area contributed by atoms with Crippen LogP contribution in [0.4, 0.5) is 0 Å². The van der Waals surface area contributed by atoms with Crippen molar-refractivity contribution in [2.24, 2.45) is 0 Å². The summed E-state index contributed by atoms with van der Waals surface area (Å²) in [6.45, 7) is 3.29. The molecule has 2 rings (SSSR count). The molecule has 0 aromatic heterocycles. The highest BCUT2D eigenvalue weighted by atomic mass is 15.0. The second-order valence-electron chi connectivity index (χ2n) is 5.43. The van der Waals surface area contributed by atoms with Crippen molar-refractivity contribution in [1.82, 2.24) is 4.90 Å². The standard InChI is InChI=1S/C18H23N/c1-15-8-6-10-17(14-15)18-12-5-4-9-16(18)11-7-13-19(2)3/h4-6,8-10,12,14H,7,11,13H2,1-3H3. The summed E-state index contributed by atoms with van der Waals surface area (Å²) in [5.41, 5.74) is 5.49. The molecule has 1 nitrogen and oxygen atoms in total. The van der Waals surface area contributed by atoms with Gasteiger partial charge in [-0.2, -0.15) is 0 Å². The van der Waals surface area contributed by atoms with Gasteiger partial charge in [-0.05, 0) is 57.1 Å². The van der Waals surface area contributed by atoms with Crippen LogP contribution in [0, 0.1) is 6.92 Å². The topological polar surface area (TPSA) is 3.24 Å². The van der Waals surface area contributed by atoms with E-state index in [0.717, 1.165) is 13.0 Å². The molecule has 0 saturated heterocycles. The molecule has 0 aliphatic rings. The normalized spacial score (nSPS) is 10.9. The molecule has 0 spiro atoms. The zero-order valence-corrected chi connectivity index (χ0v) is 12.2. The van der Waals surface area contributed by atoms with Crippen molar-refractivity contribution in [1.29, 1.82) is 0 Å². The fourth-order valence-corrected chi connectivity index (χ4v) is 2.42. The van der Waals surface area contributed by atoms with Gasteiger partial charge in [0.25, 0.3) is 0 Å². The van der Waals surface area contributed by atoms with Gasteiger partial charge in [-0.1, -0.05) is 54.1 Å². The minimum atomic E-state index is 1.14. The third-order valence-corrected chi connectivity index (χ3v) is 3.40. The molecule has 19 heavy (non-hydrogen) atoms. The van der Waals surface area contributed by atoms with Crippen LogP contribution in [0.2, 0.25) is 0 Å². The molecule has 0 amide bonds. The van der Waals surface area contributed by atoms with E-state index in [9.17, 15) is 0 Å². The van der Waals surface area contributed by atoms with Crippen LogP contribution in [0.15, 0.2) is 48.5 Å². The number of hydrogen-bond acceptors (Lipinski definition) is 1. The molecule has 0 bridgehead atoms. The van der Waals surface area contributed by atoms with Crippen molar-refractivity contribution in [2.45, 2.75) is 19.8 Å². The molecule has 0 saturated carbocycles. The van der Waals surface area contributed by atoms with Crippen LogP contribution in [0.3, 0.4) is 0 Å². The first kappa shape index (κ1) is 13.8. The lowest BCUT2D eigenvalue weighted by molar-refractivity contribution is 0.400. The Hall–Kier alpha value is -1.60. The summed E-state index contributed by atoms with van der Waals surface area (Å²) < 4.78 is 0. The summed E-state index contributed by atoms with van der Waals surface area (Å²) in [7, 11) is 4.26. The lowest BCUT2D eigenvalue weighted by atomic mass is 9.96. The fraction of sp³-hybridized carbons (Fsp3) is 0.333. The molecule has 1 heteroatoms. The lowest BCUT2D eigenvalue weighted by Gasteiger charge is -2.12. The van der Waals surface area contributed by atoms with Crippen molar-refractivity contribution in [2.75, 3.05) is 20.6 Å². The second kappa shape index (κ2) is 6.53. The Bertz CT molecular complexity index is 529. The molecule has 0 heterocycles. The Balaban J connectivity index is 2.21. The van der Waals surface area contributed by atoms with E-state index >= 15 is 0 Å². The average molecular weight is 253 g/mol. The minimum Gasteiger partial charge on any atom is -0.309 e. The summed E-state index contributed by atoms with van der Waals surface area (Å²) >= 11 is 0. The van der Waals surface area contributed by atoms with Crippen LogP contribution < -0.4 is 0 Å². The Morgan fingerprint density at radius 1 is 0.947 bits per heavy atom. The number of hydrogen-bond donors (Lipinski definition) is 0. The van der Waals surface area contributed by atoms with Crippen LogP contribution in [-0.4, -0.2) is 25.5 Å². The molecular weight excluding hydrogens is 230 g/mol. The monoisotopic (exact) mass is 253 g/mol. The SMILES string of the molecule is Cc1cccc(-c2ccccc2CCCN(C)C)c1. The smallest absolute Gasteiger partial charge is 0.00217 e. The molecule has 0 unspecified atom stereocenters. The molecule has 2 aromatic rings. The van der Waals surface area contributed by atoms with Gasteiger partial charge < -0.3 is 4.90 Å². The summed E-state index contributed by atoms with van der Waals surface area (Å²) in [6, 6.07) is 17.5. The predicted octanol–water partition coefficient (Wildman–Crippen LogP) is 4.16. The van der Waals surface area contributed by atoms with Crippen molar-refractivity contribution in [3.8, 4) is 11.1 Å². The van der Waals surface area contributed by atoms with Gasteiger partial charge in [0.2, 0.25) is 0 Å². The van der Waals surface area contributed by atoms with Gasteiger partial charge >= 0.3 is 0 Å². The molecule has 0 N–H and O–H groups in total. The molecule has 0 atom stereocenters. The zero-order chi connectivity index (χ0) is 13.7. The average Bonchev–Trinajstić information content (AvgIpc) is 2.39. The van der Waals surface area contributed by atoms with Crippen LogP contribution >= 0.6 is 0 Å². The largest absolute Gasteiger partial charge is 0.309 e. The number of nitrogens with zero attached hydrogens (tertiary/aromatic N) is 1. The Morgan fingerprint density at radius 2 is 1.74 bits per heavy atom. The van der Waals surface area contributed by atoms with E-state index in [2.05, 4.69) is 74.4 Å². The molecular formula is C18H23N. The van der Waals surface area contributed by atoms with Gasteiger partial charge in [-0.3, -0.25) is 0 Å². The first-order chi connectivity index (χ1) is 9.16. The highest BCUT2D eigenvalue weighted by molar-refractivity contribution is 5.67. The molecule has 0 radical (unpaired) electrons. The summed E-state index contributed by atoms with van der Waals surface area (Å²) in [5.74, 6) is 0. The Kier molecular flexibility index (Phi) is 4.75. The van der Waals surface area contributed by atoms with Crippen LogP contribution in [0.1, 0.15) is 17.5 Å². The highest BCUT2D eigenvalue weighted by Crippen LogP contribution is 2.25. The van der Waals surface area contributed by atoms with E-state index in [1.54, 1.807) is 0 Å². The second-order valence-corrected chi connectivity index (χ2v) is 5.43. The summed E-state index contributed by atoms with van der Waals surface area (Å²) in [4.78, 5) is 2.25. The number of rotatable bonds is 5. The first-order valence-corrected chi connectivity index (χ1v) is 6.96. The maximum atomic E-state index is 2.27. The van der Waals surface area contributed by atoms with Crippen molar-refractivity contribution in [3.63, 3.8) is 0 Å². The van der Waals surface area contributed by atoms with Crippen molar-refractivity contribution < 1.29 is 0 Å². The number of aryl methyl sites for hydroxylation is 2. The number of benzene rings is 2. The third kappa shape index (κ3) is 3.93. The summed E-state index contributed by atoms with van der Waals surface area (Å²) in [5, 5.41) is 0. The lowest BCUT2D eigenvalue weighted by Crippen LogP contribution is -2.13. The quantitative estimate of drug-likeness (QED) is 0.773. The van der Waals surface area contributed by atoms with Gasteiger partial charge in [-0.25, -0.2) is 0 Å². The van der Waals surface area contributed by atoms with Gasteiger partial charge in [0.15, 0.2) is 0 Å². The first-order valence-electron chi connectivity index (χ1n) is 6.96. The molecule has 2 aromatic carbocycles. The van der Waals surface area contributed by atoms with E-state index in [4.69, 9.17) is 0 Å². The van der Waals surface area contributed by atoms with E-state index in [-0.39, 0.29) is 0 Å². The molecule has 0 aliphatic heterocycles. The van der Waals surface area contributed by atoms with E-state index in [0.29, 0.717) is 0 Å². The Labute approximate surface area is 116 Å². The van der Waals surface area contributed by atoms with Crippen LogP contribution in [0.5, 0.6) is 0 Å². The van der Waals surface area contributed by atoms with Gasteiger partial charge in [0.05, 0.1) is 0 Å². The van der Waals surface area contributed by atoms with Gasteiger partial charge in [0.1, 0.15) is 0 Å². The van der Waals surface area contributed by atoms with Gasteiger partial charge in [0, 0.05) is 0 Å². The zero-order valence-electron chi connectivity index (χ0n) is 12.2. The van der Waals surface area contributed by atoms with E-state index in [1.807, 2.05) is 0 Å². The van der Waals surface area contributed by atoms with Crippen molar-refractivity contribution >= 4 is 0 Å². The molecule has 100 valence electrons. The third-order valence-electron chi connectivity index (χ3n) is 3.40. The Morgan fingerprint density at radius 3 is 2.47 bits per heavy atom. The summed E-state index contributed by atoms with van der Waals surface area (Å²) in [6.07, 6.45) is 2.35. The predicted molar refractivity (Wildman–Crippen MR) is 83.5 cm³/mol.